The molecule has 1 saturated heterocycles. The second-order valence-electron chi connectivity index (χ2n) is 10.3. The molecule has 38 heavy (non-hydrogen) atoms. The highest BCUT2D eigenvalue weighted by atomic mass is 32.2. The topological polar surface area (TPSA) is 94.9 Å². The first kappa shape index (κ1) is 24.9. The van der Waals surface area contributed by atoms with E-state index in [-0.39, 0.29) is 16.9 Å². The molecule has 0 spiro atoms. The van der Waals surface area contributed by atoms with Gasteiger partial charge in [-0.15, -0.1) is 0 Å². The van der Waals surface area contributed by atoms with Crippen molar-refractivity contribution in [2.24, 2.45) is 17.8 Å². The highest BCUT2D eigenvalue weighted by molar-refractivity contribution is 7.90. The molecule has 0 unspecified atom stereocenters. The zero-order valence-corrected chi connectivity index (χ0v) is 22.4. The summed E-state index contributed by atoms with van der Waals surface area (Å²) in [6.45, 7) is 3.19. The van der Waals surface area contributed by atoms with Crippen molar-refractivity contribution >= 4 is 32.9 Å². The monoisotopic (exact) mass is 534 g/mol. The predicted molar refractivity (Wildman–Crippen MR) is 141 cm³/mol. The number of methoxy groups -OCH3 is 2. The number of hydrogen-bond acceptors (Lipinski definition) is 7. The molecule has 2 aliphatic heterocycles. The van der Waals surface area contributed by atoms with Crippen LogP contribution >= 0.6 is 0 Å². The van der Waals surface area contributed by atoms with Crippen molar-refractivity contribution in [1.29, 1.82) is 0 Å². The fourth-order valence-corrected chi connectivity index (χ4v) is 8.30. The Morgan fingerprint density at radius 1 is 0.974 bits per heavy atom. The van der Waals surface area contributed by atoms with E-state index in [2.05, 4.69) is 4.90 Å². The van der Waals surface area contributed by atoms with E-state index in [0.717, 1.165) is 34.3 Å². The van der Waals surface area contributed by atoms with Crippen LogP contribution in [0.25, 0.3) is 10.9 Å². The number of benzene rings is 2. The Labute approximate surface area is 221 Å². The van der Waals surface area contributed by atoms with Gasteiger partial charge in [-0.05, 0) is 49.1 Å². The van der Waals surface area contributed by atoms with Crippen LogP contribution < -0.4 is 0 Å². The van der Waals surface area contributed by atoms with Gasteiger partial charge >= 0.3 is 11.9 Å². The summed E-state index contributed by atoms with van der Waals surface area (Å²) in [5, 5.41) is 0.926. The zero-order valence-electron chi connectivity index (χ0n) is 21.6. The van der Waals surface area contributed by atoms with Crippen LogP contribution in [0, 0.1) is 24.7 Å². The van der Waals surface area contributed by atoms with Crippen LogP contribution in [0.5, 0.6) is 0 Å². The predicted octanol–water partition coefficient (Wildman–Crippen LogP) is 3.62. The van der Waals surface area contributed by atoms with Crippen molar-refractivity contribution in [3.05, 3.63) is 77.0 Å². The highest BCUT2D eigenvalue weighted by Gasteiger charge is 2.53. The van der Waals surface area contributed by atoms with E-state index in [4.69, 9.17) is 9.47 Å². The fraction of sp³-hybridized carbons (Fsp3) is 0.379. The first-order valence-corrected chi connectivity index (χ1v) is 14.3. The standard InChI is InChI=1S/C29H30N2O6S/c1-17-8-10-18(11-9-17)38(34,35)31-24-7-5-4-6-19(24)21-14-15-30-16-23-20(26(30)27(21)31)12-13-22(28(32)36-2)25(23)29(33)37-3/h4-12,22-23,25-26H,13-16H2,1-3H3/t22-,23-,25-,26-/m1/s1. The number of aromatic nitrogens is 1. The number of para-hydroxylation sites is 1. The summed E-state index contributed by atoms with van der Waals surface area (Å²) in [6.07, 6.45) is 3.04. The summed E-state index contributed by atoms with van der Waals surface area (Å²) in [5.41, 5.74) is 4.35. The van der Waals surface area contributed by atoms with Crippen molar-refractivity contribution < 1.29 is 27.5 Å². The van der Waals surface area contributed by atoms with Crippen molar-refractivity contribution in [3.63, 3.8) is 0 Å². The van der Waals surface area contributed by atoms with Crippen molar-refractivity contribution in [1.82, 2.24) is 8.87 Å². The van der Waals surface area contributed by atoms with E-state index >= 15 is 0 Å². The van der Waals surface area contributed by atoms with E-state index in [1.165, 1.54) is 18.2 Å². The SMILES string of the molecule is COC(=O)[C@H]1[C@@H]2CN3CCc4c(n(S(=O)(=O)c5ccc(C)cc5)c5ccccc45)[C@H]3C2=CC[C@H]1C(=O)OC. The van der Waals surface area contributed by atoms with E-state index in [1.807, 2.05) is 37.3 Å². The highest BCUT2D eigenvalue weighted by Crippen LogP contribution is 2.53. The Bertz CT molecular complexity index is 1590. The van der Waals surface area contributed by atoms with Crippen molar-refractivity contribution in [2.75, 3.05) is 27.3 Å². The Balaban J connectivity index is 1.56. The molecule has 2 aromatic carbocycles. The largest absolute Gasteiger partial charge is 0.469 e. The molecule has 9 heteroatoms. The Morgan fingerprint density at radius 3 is 2.39 bits per heavy atom. The molecule has 1 aliphatic carbocycles. The molecule has 0 saturated carbocycles. The number of ether oxygens (including phenoxy) is 2. The molecule has 8 nitrogen and oxygen atoms in total. The third kappa shape index (κ3) is 3.55. The average molecular weight is 535 g/mol. The zero-order chi connectivity index (χ0) is 26.8. The average Bonchev–Trinajstić information content (AvgIpc) is 3.47. The van der Waals surface area contributed by atoms with Gasteiger partial charge in [-0.3, -0.25) is 14.5 Å². The second-order valence-corrected chi connectivity index (χ2v) is 12.1. The van der Waals surface area contributed by atoms with Gasteiger partial charge in [-0.25, -0.2) is 12.4 Å². The van der Waals surface area contributed by atoms with E-state index in [0.29, 0.717) is 24.9 Å². The van der Waals surface area contributed by atoms with Gasteiger partial charge in [0.2, 0.25) is 0 Å². The first-order valence-electron chi connectivity index (χ1n) is 12.8. The molecular formula is C29H30N2O6S. The third-order valence-electron chi connectivity index (χ3n) is 8.44. The number of carbonyl (C=O) groups excluding carboxylic acids is 2. The van der Waals surface area contributed by atoms with E-state index in [9.17, 15) is 18.0 Å². The minimum absolute atomic E-state index is 0.231. The number of carbonyl (C=O) groups is 2. The van der Waals surface area contributed by atoms with Crippen LogP contribution in [0.4, 0.5) is 0 Å². The summed E-state index contributed by atoms with van der Waals surface area (Å²) in [6, 6.07) is 14.2. The maximum absolute atomic E-state index is 14.2. The number of fused-ring (bicyclic) bond motifs is 7. The van der Waals surface area contributed by atoms with Gasteiger partial charge in [-0.1, -0.05) is 42.0 Å². The number of allylic oxidation sites excluding steroid dienone is 1. The van der Waals surface area contributed by atoms with Gasteiger partial charge in [0.1, 0.15) is 0 Å². The molecule has 0 N–H and O–H groups in total. The second kappa shape index (κ2) is 9.10. The van der Waals surface area contributed by atoms with Crippen LogP contribution in [-0.2, 0) is 35.5 Å². The molecule has 6 rings (SSSR count). The Hall–Kier alpha value is -3.43. The summed E-state index contributed by atoms with van der Waals surface area (Å²) < 4.78 is 40.1. The molecule has 3 aromatic rings. The van der Waals surface area contributed by atoms with E-state index in [1.54, 1.807) is 24.3 Å². The lowest BCUT2D eigenvalue weighted by Gasteiger charge is -2.34. The Morgan fingerprint density at radius 2 is 1.68 bits per heavy atom. The van der Waals surface area contributed by atoms with Gasteiger partial charge < -0.3 is 9.47 Å². The molecule has 1 aromatic heterocycles. The summed E-state index contributed by atoms with van der Waals surface area (Å²) in [5.74, 6) is -2.47. The number of aryl methyl sites for hydroxylation is 1. The Kier molecular flexibility index (Phi) is 5.96. The lowest BCUT2D eigenvalue weighted by atomic mass is 9.71. The van der Waals surface area contributed by atoms with Crippen LogP contribution in [0.2, 0.25) is 0 Å². The number of rotatable bonds is 4. The maximum Gasteiger partial charge on any atom is 0.310 e. The lowest BCUT2D eigenvalue weighted by molar-refractivity contribution is -0.159. The van der Waals surface area contributed by atoms with Crippen molar-refractivity contribution in [2.45, 2.75) is 30.7 Å². The number of esters is 2. The molecule has 0 amide bonds. The van der Waals surface area contributed by atoms with Crippen LogP contribution in [0.3, 0.4) is 0 Å². The van der Waals surface area contributed by atoms with Gasteiger partial charge in [0, 0.05) is 24.4 Å². The third-order valence-corrected chi connectivity index (χ3v) is 10.2. The maximum atomic E-state index is 14.2. The summed E-state index contributed by atoms with van der Waals surface area (Å²) in [7, 11) is -1.26. The molecule has 0 bridgehead atoms. The number of nitrogens with zero attached hydrogens (tertiary/aromatic N) is 2. The van der Waals surface area contributed by atoms with Crippen LogP contribution in [-0.4, -0.2) is 56.5 Å². The minimum atomic E-state index is -3.92. The van der Waals surface area contributed by atoms with Gasteiger partial charge in [0.15, 0.2) is 0 Å². The van der Waals surface area contributed by atoms with Gasteiger partial charge in [0.05, 0.1) is 48.2 Å². The van der Waals surface area contributed by atoms with Gasteiger partial charge in [0.25, 0.3) is 10.0 Å². The normalized spacial score (nSPS) is 24.8. The quantitative estimate of drug-likeness (QED) is 0.373. The molecule has 3 aliphatic rings. The number of hydrogen-bond donors (Lipinski definition) is 0. The smallest absolute Gasteiger partial charge is 0.310 e. The lowest BCUT2D eigenvalue weighted by Crippen LogP contribution is -2.40. The van der Waals surface area contributed by atoms with Crippen LogP contribution in [0.15, 0.2) is 65.1 Å². The fourth-order valence-electron chi connectivity index (χ4n) is 6.73. The van der Waals surface area contributed by atoms with Crippen LogP contribution in [0.1, 0.15) is 29.3 Å². The van der Waals surface area contributed by atoms with Crippen molar-refractivity contribution in [3.8, 4) is 0 Å². The van der Waals surface area contributed by atoms with Gasteiger partial charge in [-0.2, -0.15) is 0 Å². The molecule has 198 valence electrons. The first-order chi connectivity index (χ1) is 18.3. The van der Waals surface area contributed by atoms with E-state index < -0.39 is 33.8 Å². The summed E-state index contributed by atoms with van der Waals surface area (Å²) in [4.78, 5) is 28.1. The minimum Gasteiger partial charge on any atom is -0.469 e. The molecular weight excluding hydrogens is 504 g/mol. The molecule has 1 fully saturated rings. The molecule has 3 heterocycles. The summed E-state index contributed by atoms with van der Waals surface area (Å²) >= 11 is 0. The molecule has 4 atom stereocenters. The molecule has 0 radical (unpaired) electrons.